The van der Waals surface area contributed by atoms with E-state index >= 15 is 0 Å². The lowest BCUT2D eigenvalue weighted by Gasteiger charge is -2.10. The van der Waals surface area contributed by atoms with Crippen molar-refractivity contribution >= 4 is 28.5 Å². The molecule has 2 aromatic carbocycles. The number of amides is 2. The van der Waals surface area contributed by atoms with Crippen LogP contribution in [0.25, 0.3) is 16.7 Å². The highest BCUT2D eigenvalue weighted by molar-refractivity contribution is 5.94. The molecule has 2 aromatic heterocycles. The smallest absolute Gasteiger partial charge is 0.264 e. The highest BCUT2D eigenvalue weighted by atomic mass is 16.2. The molecule has 0 aliphatic heterocycles. The van der Waals surface area contributed by atoms with Crippen LogP contribution in [-0.4, -0.2) is 31.1 Å². The van der Waals surface area contributed by atoms with Crippen LogP contribution in [0.4, 0.5) is 5.69 Å². The maximum absolute atomic E-state index is 12.9. The van der Waals surface area contributed by atoms with Gasteiger partial charge < -0.3 is 11.1 Å². The maximum Gasteiger partial charge on any atom is 0.264 e. The number of aromatic nitrogens is 4. The number of hydrogen-bond acceptors (Lipinski definition) is 5. The average Bonchev–Trinajstić information content (AvgIpc) is 3.17. The first kappa shape index (κ1) is 20.0. The first-order valence-electron chi connectivity index (χ1n) is 9.54. The zero-order valence-corrected chi connectivity index (χ0v) is 17.0. The minimum absolute atomic E-state index is 0.214. The van der Waals surface area contributed by atoms with Crippen molar-refractivity contribution in [3.8, 4) is 5.69 Å². The number of nitrogens with one attached hydrogen (secondary N) is 1. The van der Waals surface area contributed by atoms with Crippen molar-refractivity contribution in [2.75, 3.05) is 5.32 Å². The Kier molecular flexibility index (Phi) is 5.08. The molecule has 31 heavy (non-hydrogen) atoms. The van der Waals surface area contributed by atoms with Crippen molar-refractivity contribution in [1.82, 2.24) is 19.3 Å². The van der Waals surface area contributed by atoms with Gasteiger partial charge in [0.15, 0.2) is 5.65 Å². The highest BCUT2D eigenvalue weighted by Crippen LogP contribution is 2.20. The van der Waals surface area contributed by atoms with Crippen LogP contribution in [0.2, 0.25) is 0 Å². The first-order chi connectivity index (χ1) is 14.8. The molecule has 156 valence electrons. The minimum Gasteiger partial charge on any atom is -0.366 e. The van der Waals surface area contributed by atoms with Gasteiger partial charge in [0.1, 0.15) is 18.3 Å². The molecule has 4 rings (SSSR count). The van der Waals surface area contributed by atoms with E-state index in [0.29, 0.717) is 22.3 Å². The molecule has 2 heterocycles. The van der Waals surface area contributed by atoms with Gasteiger partial charge in [-0.2, -0.15) is 5.10 Å². The molecule has 0 aliphatic rings. The SMILES string of the molecule is Cc1cccc(-n2ncc3c(=O)n(CC(=O)Nc4ccc(C(N)=O)cc4)cnc32)c1C. The van der Waals surface area contributed by atoms with Crippen molar-refractivity contribution in [3.63, 3.8) is 0 Å². The Morgan fingerprint density at radius 3 is 2.55 bits per heavy atom. The number of anilines is 1. The van der Waals surface area contributed by atoms with Gasteiger partial charge in [-0.05, 0) is 55.3 Å². The van der Waals surface area contributed by atoms with Crippen LogP contribution in [0.15, 0.2) is 59.8 Å². The Labute approximate surface area is 177 Å². The fraction of sp³-hybridized carbons (Fsp3) is 0.136. The van der Waals surface area contributed by atoms with Crippen LogP contribution < -0.4 is 16.6 Å². The van der Waals surface area contributed by atoms with Gasteiger partial charge in [0.05, 0.1) is 11.9 Å². The zero-order valence-electron chi connectivity index (χ0n) is 17.0. The van der Waals surface area contributed by atoms with Gasteiger partial charge in [-0.3, -0.25) is 19.0 Å². The molecule has 0 spiro atoms. The molecule has 0 fully saturated rings. The molecule has 4 aromatic rings. The fourth-order valence-corrected chi connectivity index (χ4v) is 3.28. The van der Waals surface area contributed by atoms with Crippen LogP contribution >= 0.6 is 0 Å². The molecule has 0 saturated heterocycles. The number of aryl methyl sites for hydroxylation is 1. The van der Waals surface area contributed by atoms with Crippen LogP contribution in [-0.2, 0) is 11.3 Å². The summed E-state index contributed by atoms with van der Waals surface area (Å²) in [4.78, 5) is 40.8. The Balaban J connectivity index is 1.59. The summed E-state index contributed by atoms with van der Waals surface area (Å²) in [7, 11) is 0. The van der Waals surface area contributed by atoms with E-state index in [4.69, 9.17) is 5.73 Å². The number of primary amides is 1. The molecule has 0 atom stereocenters. The summed E-state index contributed by atoms with van der Waals surface area (Å²) >= 11 is 0. The van der Waals surface area contributed by atoms with Gasteiger partial charge in [-0.15, -0.1) is 0 Å². The molecule has 0 bridgehead atoms. The summed E-state index contributed by atoms with van der Waals surface area (Å²) in [6.45, 7) is 3.78. The molecule has 0 saturated carbocycles. The molecule has 3 N–H and O–H groups in total. The third-order valence-corrected chi connectivity index (χ3v) is 5.13. The summed E-state index contributed by atoms with van der Waals surface area (Å²) in [6.07, 6.45) is 2.80. The summed E-state index contributed by atoms with van der Waals surface area (Å²) in [5.41, 5.74) is 9.09. The van der Waals surface area contributed by atoms with Crippen LogP contribution in [0.5, 0.6) is 0 Å². The maximum atomic E-state index is 12.9. The minimum atomic E-state index is -0.551. The Morgan fingerprint density at radius 2 is 1.84 bits per heavy atom. The first-order valence-corrected chi connectivity index (χ1v) is 9.54. The second-order valence-corrected chi connectivity index (χ2v) is 7.18. The van der Waals surface area contributed by atoms with Crippen LogP contribution in [0, 0.1) is 13.8 Å². The third-order valence-electron chi connectivity index (χ3n) is 5.13. The largest absolute Gasteiger partial charge is 0.366 e. The third kappa shape index (κ3) is 3.80. The number of hydrogen-bond donors (Lipinski definition) is 2. The number of fused-ring (bicyclic) bond motifs is 1. The zero-order chi connectivity index (χ0) is 22.1. The van der Waals surface area contributed by atoms with E-state index in [2.05, 4.69) is 15.4 Å². The summed E-state index contributed by atoms with van der Waals surface area (Å²) in [5, 5.41) is 7.34. The Morgan fingerprint density at radius 1 is 1.10 bits per heavy atom. The lowest BCUT2D eigenvalue weighted by atomic mass is 10.1. The van der Waals surface area contributed by atoms with E-state index < -0.39 is 11.8 Å². The van der Waals surface area contributed by atoms with Crippen molar-refractivity contribution in [2.24, 2.45) is 5.73 Å². The van der Waals surface area contributed by atoms with Crippen molar-refractivity contribution in [2.45, 2.75) is 20.4 Å². The van der Waals surface area contributed by atoms with Gasteiger partial charge in [-0.1, -0.05) is 12.1 Å². The second kappa shape index (κ2) is 7.86. The second-order valence-electron chi connectivity index (χ2n) is 7.18. The van der Waals surface area contributed by atoms with E-state index in [-0.39, 0.29) is 12.1 Å². The lowest BCUT2D eigenvalue weighted by molar-refractivity contribution is -0.116. The van der Waals surface area contributed by atoms with E-state index in [0.717, 1.165) is 16.8 Å². The quantitative estimate of drug-likeness (QED) is 0.514. The molecule has 0 unspecified atom stereocenters. The van der Waals surface area contributed by atoms with Crippen LogP contribution in [0.1, 0.15) is 21.5 Å². The van der Waals surface area contributed by atoms with E-state index in [1.165, 1.54) is 29.2 Å². The summed E-state index contributed by atoms with van der Waals surface area (Å²) < 4.78 is 2.86. The highest BCUT2D eigenvalue weighted by Gasteiger charge is 2.15. The average molecular weight is 416 g/mol. The van der Waals surface area contributed by atoms with Crippen LogP contribution in [0.3, 0.4) is 0 Å². The van der Waals surface area contributed by atoms with Gasteiger partial charge in [-0.25, -0.2) is 9.67 Å². The number of benzene rings is 2. The molecule has 2 amide bonds. The Bertz CT molecular complexity index is 1370. The number of carbonyl (C=O) groups excluding carboxylic acids is 2. The summed E-state index contributed by atoms with van der Waals surface area (Å²) in [6, 6.07) is 12.0. The molecule has 0 radical (unpaired) electrons. The van der Waals surface area contributed by atoms with Gasteiger partial charge >= 0.3 is 0 Å². The predicted octanol–water partition coefficient (Wildman–Crippen LogP) is 1.94. The fourth-order valence-electron chi connectivity index (χ4n) is 3.28. The molecular formula is C22H20N6O3. The standard InChI is InChI=1S/C22H20N6O3/c1-13-4-3-5-18(14(13)2)28-21-17(10-25-28)22(31)27(12-24-21)11-19(29)26-16-8-6-15(7-9-16)20(23)30/h3-10,12H,11H2,1-2H3,(H2,23,30)(H,26,29). The molecule has 0 aliphatic carbocycles. The molecule has 9 heteroatoms. The van der Waals surface area contributed by atoms with E-state index in [1.54, 1.807) is 16.8 Å². The number of nitrogens with zero attached hydrogens (tertiary/aromatic N) is 4. The predicted molar refractivity (Wildman–Crippen MR) is 116 cm³/mol. The molecular weight excluding hydrogens is 396 g/mol. The number of nitrogens with two attached hydrogens (primary N) is 1. The topological polar surface area (TPSA) is 125 Å². The van der Waals surface area contributed by atoms with Crippen molar-refractivity contribution < 1.29 is 9.59 Å². The monoisotopic (exact) mass is 416 g/mol. The van der Waals surface area contributed by atoms with Gasteiger partial charge in [0.2, 0.25) is 11.8 Å². The van der Waals surface area contributed by atoms with Crippen molar-refractivity contribution in [3.05, 3.63) is 82.0 Å². The van der Waals surface area contributed by atoms with E-state index in [9.17, 15) is 14.4 Å². The molecule has 9 nitrogen and oxygen atoms in total. The normalized spacial score (nSPS) is 10.9. The lowest BCUT2D eigenvalue weighted by Crippen LogP contribution is -2.27. The number of carbonyl (C=O) groups is 2. The number of rotatable bonds is 5. The Hall–Kier alpha value is -4.27. The summed E-state index contributed by atoms with van der Waals surface area (Å²) in [5.74, 6) is -0.956. The van der Waals surface area contributed by atoms with Crippen molar-refractivity contribution in [1.29, 1.82) is 0 Å². The van der Waals surface area contributed by atoms with Gasteiger partial charge in [0.25, 0.3) is 5.56 Å². The van der Waals surface area contributed by atoms with E-state index in [1.807, 2.05) is 32.0 Å². The van der Waals surface area contributed by atoms with Gasteiger partial charge in [0, 0.05) is 11.3 Å².